The summed E-state index contributed by atoms with van der Waals surface area (Å²) in [6, 6.07) is 1.75. The Hall–Kier alpha value is -1.36. The largest absolute Gasteiger partial charge is 0.478 e. The van der Waals surface area contributed by atoms with Gasteiger partial charge in [0.2, 0.25) is 11.8 Å². The molecule has 0 amide bonds. The molecule has 0 saturated heterocycles. The highest BCUT2D eigenvalue weighted by molar-refractivity contribution is 5.35. The zero-order valence-electron chi connectivity index (χ0n) is 8.86. The van der Waals surface area contributed by atoms with E-state index < -0.39 is 0 Å². The molecule has 1 saturated carbocycles. The Labute approximate surface area is 89.1 Å². The van der Waals surface area contributed by atoms with Crippen LogP contribution in [0.3, 0.4) is 0 Å². The number of nitrogens with two attached hydrogens (primary N) is 1. The van der Waals surface area contributed by atoms with Crippen molar-refractivity contribution in [3.63, 3.8) is 0 Å². The van der Waals surface area contributed by atoms with Gasteiger partial charge in [-0.1, -0.05) is 0 Å². The lowest BCUT2D eigenvalue weighted by molar-refractivity contribution is 0.326. The third-order valence-electron chi connectivity index (χ3n) is 2.54. The number of nitrogens with zero attached hydrogens (tertiary/aromatic N) is 2. The predicted molar refractivity (Wildman–Crippen MR) is 57.8 cm³/mol. The molecule has 1 aromatic heterocycles. The standard InChI is InChI=1S/C10H16N4O/c1-2-15-8-3-6-12-9(13-8)14-10(7-11)4-5-10/h3,6H,2,4-5,7,11H2,1H3,(H,12,13,14). The highest BCUT2D eigenvalue weighted by Crippen LogP contribution is 2.36. The molecule has 1 aromatic rings. The fraction of sp³-hybridized carbons (Fsp3) is 0.600. The molecule has 0 bridgehead atoms. The Morgan fingerprint density at radius 1 is 1.60 bits per heavy atom. The maximum atomic E-state index is 5.66. The fourth-order valence-electron chi connectivity index (χ4n) is 1.40. The quantitative estimate of drug-likeness (QED) is 0.748. The van der Waals surface area contributed by atoms with Crippen LogP contribution in [-0.2, 0) is 0 Å². The van der Waals surface area contributed by atoms with Crippen molar-refractivity contribution in [3.05, 3.63) is 12.3 Å². The first kappa shape index (κ1) is 10.2. The molecule has 1 aliphatic rings. The molecule has 1 heterocycles. The summed E-state index contributed by atoms with van der Waals surface area (Å²) in [7, 11) is 0. The van der Waals surface area contributed by atoms with E-state index in [4.69, 9.17) is 10.5 Å². The lowest BCUT2D eigenvalue weighted by Gasteiger charge is -2.14. The summed E-state index contributed by atoms with van der Waals surface area (Å²) in [5.74, 6) is 1.20. The Morgan fingerprint density at radius 2 is 2.40 bits per heavy atom. The third kappa shape index (κ3) is 2.36. The van der Waals surface area contributed by atoms with Crippen molar-refractivity contribution >= 4 is 5.95 Å². The van der Waals surface area contributed by atoms with Crippen molar-refractivity contribution in [1.82, 2.24) is 9.97 Å². The molecule has 0 radical (unpaired) electrons. The summed E-state index contributed by atoms with van der Waals surface area (Å²) in [5, 5.41) is 3.25. The van der Waals surface area contributed by atoms with E-state index in [1.54, 1.807) is 12.3 Å². The van der Waals surface area contributed by atoms with Crippen LogP contribution in [0.15, 0.2) is 12.3 Å². The second-order valence-electron chi connectivity index (χ2n) is 3.76. The fourth-order valence-corrected chi connectivity index (χ4v) is 1.40. The minimum absolute atomic E-state index is 0.0326. The van der Waals surface area contributed by atoms with E-state index in [9.17, 15) is 0 Å². The minimum atomic E-state index is 0.0326. The first-order valence-electron chi connectivity index (χ1n) is 5.22. The third-order valence-corrected chi connectivity index (χ3v) is 2.54. The molecule has 5 heteroatoms. The summed E-state index contributed by atoms with van der Waals surface area (Å²) < 4.78 is 5.29. The maximum absolute atomic E-state index is 5.66. The van der Waals surface area contributed by atoms with Gasteiger partial charge in [0.1, 0.15) is 0 Å². The minimum Gasteiger partial charge on any atom is -0.478 e. The molecule has 5 nitrogen and oxygen atoms in total. The number of aromatic nitrogens is 2. The molecule has 2 rings (SSSR count). The number of anilines is 1. The molecule has 0 aliphatic heterocycles. The molecule has 15 heavy (non-hydrogen) atoms. The van der Waals surface area contributed by atoms with Crippen LogP contribution in [0.5, 0.6) is 5.88 Å². The van der Waals surface area contributed by atoms with Crippen molar-refractivity contribution < 1.29 is 4.74 Å². The molecule has 0 atom stereocenters. The van der Waals surface area contributed by atoms with Gasteiger partial charge in [0.25, 0.3) is 0 Å². The summed E-state index contributed by atoms with van der Waals surface area (Å²) in [5.41, 5.74) is 5.70. The average molecular weight is 208 g/mol. The van der Waals surface area contributed by atoms with Gasteiger partial charge in [0, 0.05) is 18.8 Å². The van der Waals surface area contributed by atoms with Crippen molar-refractivity contribution in [2.24, 2.45) is 5.73 Å². The number of rotatable bonds is 5. The van der Waals surface area contributed by atoms with E-state index in [1.807, 2.05) is 6.92 Å². The highest BCUT2D eigenvalue weighted by atomic mass is 16.5. The summed E-state index contributed by atoms with van der Waals surface area (Å²) in [6.45, 7) is 3.16. The Balaban J connectivity index is 2.05. The van der Waals surface area contributed by atoms with Crippen molar-refractivity contribution in [2.75, 3.05) is 18.5 Å². The topological polar surface area (TPSA) is 73.1 Å². The Morgan fingerprint density at radius 3 is 3.00 bits per heavy atom. The van der Waals surface area contributed by atoms with Crippen molar-refractivity contribution in [1.29, 1.82) is 0 Å². The molecule has 1 aliphatic carbocycles. The lowest BCUT2D eigenvalue weighted by atomic mass is 10.3. The van der Waals surface area contributed by atoms with Gasteiger partial charge in [-0.2, -0.15) is 4.98 Å². The maximum Gasteiger partial charge on any atom is 0.226 e. The Bertz CT molecular complexity index is 338. The highest BCUT2D eigenvalue weighted by Gasteiger charge is 2.41. The van der Waals surface area contributed by atoms with Gasteiger partial charge in [-0.3, -0.25) is 0 Å². The van der Waals surface area contributed by atoms with Crippen LogP contribution >= 0.6 is 0 Å². The van der Waals surface area contributed by atoms with Crippen molar-refractivity contribution in [3.8, 4) is 5.88 Å². The first-order valence-corrected chi connectivity index (χ1v) is 5.22. The molecule has 3 N–H and O–H groups in total. The SMILES string of the molecule is CCOc1ccnc(NC2(CN)CC2)n1. The van der Waals surface area contributed by atoms with Crippen LogP contribution in [0.4, 0.5) is 5.95 Å². The van der Waals surface area contributed by atoms with Gasteiger partial charge in [-0.05, 0) is 19.8 Å². The van der Waals surface area contributed by atoms with Gasteiger partial charge >= 0.3 is 0 Å². The van der Waals surface area contributed by atoms with Crippen LogP contribution < -0.4 is 15.8 Å². The Kier molecular flexibility index (Phi) is 2.73. The smallest absolute Gasteiger partial charge is 0.226 e. The summed E-state index contributed by atoms with van der Waals surface area (Å²) in [6.07, 6.45) is 3.87. The zero-order chi connectivity index (χ0) is 10.7. The van der Waals surface area contributed by atoms with E-state index in [0.717, 1.165) is 12.8 Å². The average Bonchev–Trinajstić information content (AvgIpc) is 3.00. The van der Waals surface area contributed by atoms with Crippen LogP contribution in [-0.4, -0.2) is 28.7 Å². The van der Waals surface area contributed by atoms with E-state index in [2.05, 4.69) is 15.3 Å². The molecular formula is C10H16N4O. The molecule has 1 fully saturated rings. The van der Waals surface area contributed by atoms with E-state index in [-0.39, 0.29) is 5.54 Å². The van der Waals surface area contributed by atoms with Gasteiger partial charge in [0.15, 0.2) is 0 Å². The molecule has 0 aromatic carbocycles. The predicted octanol–water partition coefficient (Wildman–Crippen LogP) is 0.778. The van der Waals surface area contributed by atoms with Gasteiger partial charge in [0.05, 0.1) is 12.1 Å². The number of nitrogens with one attached hydrogen (secondary N) is 1. The van der Waals surface area contributed by atoms with Crippen LogP contribution in [0.2, 0.25) is 0 Å². The van der Waals surface area contributed by atoms with E-state index >= 15 is 0 Å². The second kappa shape index (κ2) is 4.02. The number of hydrogen-bond acceptors (Lipinski definition) is 5. The van der Waals surface area contributed by atoms with E-state index in [0.29, 0.717) is 25.0 Å². The van der Waals surface area contributed by atoms with Crippen LogP contribution in [0.25, 0.3) is 0 Å². The lowest BCUT2D eigenvalue weighted by Crippen LogP contribution is -2.31. The number of hydrogen-bond donors (Lipinski definition) is 2. The summed E-state index contributed by atoms with van der Waals surface area (Å²) in [4.78, 5) is 8.37. The zero-order valence-corrected chi connectivity index (χ0v) is 8.86. The molecule has 82 valence electrons. The molecule has 0 spiro atoms. The van der Waals surface area contributed by atoms with Gasteiger partial charge < -0.3 is 15.8 Å². The molecular weight excluding hydrogens is 192 g/mol. The van der Waals surface area contributed by atoms with Crippen LogP contribution in [0.1, 0.15) is 19.8 Å². The number of ether oxygens (including phenoxy) is 1. The first-order chi connectivity index (χ1) is 7.28. The van der Waals surface area contributed by atoms with Crippen LogP contribution in [0, 0.1) is 0 Å². The summed E-state index contributed by atoms with van der Waals surface area (Å²) >= 11 is 0. The molecule has 0 unspecified atom stereocenters. The second-order valence-corrected chi connectivity index (χ2v) is 3.76. The van der Waals surface area contributed by atoms with E-state index in [1.165, 1.54) is 0 Å². The normalized spacial score (nSPS) is 17.2. The van der Waals surface area contributed by atoms with Crippen molar-refractivity contribution in [2.45, 2.75) is 25.3 Å². The monoisotopic (exact) mass is 208 g/mol. The van der Waals surface area contributed by atoms with Gasteiger partial charge in [-0.25, -0.2) is 4.98 Å². The van der Waals surface area contributed by atoms with Gasteiger partial charge in [-0.15, -0.1) is 0 Å².